The van der Waals surface area contributed by atoms with Gasteiger partial charge in [0.2, 0.25) is 6.86 Å². The Bertz CT molecular complexity index is 84.9. The van der Waals surface area contributed by atoms with Crippen molar-refractivity contribution in [1.82, 2.24) is 0 Å². The first-order chi connectivity index (χ1) is 6.31. The highest BCUT2D eigenvalue weighted by atomic mass is 19.3. The van der Waals surface area contributed by atoms with Crippen LogP contribution in [0.25, 0.3) is 0 Å². The summed E-state index contributed by atoms with van der Waals surface area (Å²) in [5.74, 6) is 0. The Kier molecular flexibility index (Phi) is 24.9. The quantitative estimate of drug-likeness (QED) is 0.476. The van der Waals surface area contributed by atoms with Crippen LogP contribution in [-0.4, -0.2) is 13.0 Å². The fraction of sp³-hybridized carbons (Fsp3) is 0.778. The van der Waals surface area contributed by atoms with Gasteiger partial charge in [-0.25, -0.2) is 8.78 Å². The van der Waals surface area contributed by atoms with Gasteiger partial charge in [0, 0.05) is 0 Å². The lowest BCUT2D eigenvalue weighted by Crippen LogP contribution is -2.04. The van der Waals surface area contributed by atoms with Gasteiger partial charge >= 0.3 is 0 Å². The normalized spacial score (nSPS) is 15.1. The summed E-state index contributed by atoms with van der Waals surface area (Å²) in [6.45, 7) is 4.65. The topological polar surface area (TPSA) is 9.23 Å². The van der Waals surface area contributed by atoms with Crippen molar-refractivity contribution in [1.29, 1.82) is 0 Å². The number of hydrogen-bond acceptors (Lipinski definition) is 1. The number of hydrogen-bond donors (Lipinski definition) is 0. The lowest BCUT2D eigenvalue weighted by atomic mass is 9.99. The van der Waals surface area contributed by atoms with Gasteiger partial charge in [0.15, 0.2) is 0 Å². The van der Waals surface area contributed by atoms with Crippen molar-refractivity contribution in [3.8, 4) is 0 Å². The third kappa shape index (κ3) is 17.5. The van der Waals surface area contributed by atoms with Crippen LogP contribution in [0.15, 0.2) is 13.2 Å². The summed E-state index contributed by atoms with van der Waals surface area (Å²) >= 11 is 0. The molecule has 88 valence electrons. The second kappa shape index (κ2) is 18.3. The minimum absolute atomic E-state index is 0. The number of halogens is 4. The average Bonchev–Trinajstić information content (AvgIpc) is 2.22. The Hall–Kier alpha value is -0.580. The monoisotopic (exact) mass is 218 g/mol. The van der Waals surface area contributed by atoms with Crippen LogP contribution in [0, 0.1) is 0 Å². The lowest BCUT2D eigenvalue weighted by Gasteiger charge is -2.12. The van der Waals surface area contributed by atoms with E-state index < -0.39 is 13.0 Å². The molecule has 0 heterocycles. The molecule has 0 aromatic heterocycles. The molecule has 0 bridgehead atoms. The molecule has 0 spiro atoms. The van der Waals surface area contributed by atoms with Crippen molar-refractivity contribution < 1.29 is 23.0 Å². The summed E-state index contributed by atoms with van der Waals surface area (Å²) in [5, 5.41) is 0. The molecule has 14 heavy (non-hydrogen) atoms. The van der Waals surface area contributed by atoms with Gasteiger partial charge in [-0.05, 0) is 17.4 Å². The first-order valence-electron chi connectivity index (χ1n) is 4.24. The molecule has 0 unspecified atom stereocenters. The van der Waals surface area contributed by atoms with E-state index in [4.69, 9.17) is 0 Å². The second-order valence-corrected chi connectivity index (χ2v) is 2.45. The highest BCUT2D eigenvalue weighted by molar-refractivity contribution is 4.62. The Labute approximate surface area is 82.2 Å². The van der Waals surface area contributed by atoms with Crippen LogP contribution in [0.3, 0.4) is 0 Å². The molecular formula is C9H18F4O. The fourth-order valence-electron chi connectivity index (χ4n) is 1.05. The molecule has 0 aromatic carbocycles. The van der Waals surface area contributed by atoms with Crippen molar-refractivity contribution in [2.45, 2.75) is 38.3 Å². The largest absolute Gasteiger partial charge is 0.269 e. The highest BCUT2D eigenvalue weighted by Crippen LogP contribution is 2.19. The average molecular weight is 218 g/mol. The van der Waals surface area contributed by atoms with Crippen molar-refractivity contribution in [2.24, 2.45) is 0 Å². The summed E-state index contributed by atoms with van der Waals surface area (Å²) in [4.78, 5) is 2.38. The minimum atomic E-state index is -1.35. The SMILES string of the molecule is C=C.F.FC1CCCCC1.FCOF. The van der Waals surface area contributed by atoms with E-state index in [0.717, 1.165) is 25.7 Å². The van der Waals surface area contributed by atoms with Crippen LogP contribution >= 0.6 is 0 Å². The number of alkyl halides is 2. The molecule has 0 amide bonds. The molecule has 0 N–H and O–H groups in total. The van der Waals surface area contributed by atoms with E-state index in [1.54, 1.807) is 0 Å². The summed E-state index contributed by atoms with van der Waals surface area (Å²) < 4.78 is 32.2. The Morgan fingerprint density at radius 2 is 1.50 bits per heavy atom. The smallest absolute Gasteiger partial charge is 0.227 e. The summed E-state index contributed by atoms with van der Waals surface area (Å²) in [5.41, 5.74) is 0. The first-order valence-corrected chi connectivity index (χ1v) is 4.24. The van der Waals surface area contributed by atoms with Crippen molar-refractivity contribution in [2.75, 3.05) is 6.86 Å². The molecule has 1 aliphatic rings. The number of rotatable bonds is 1. The molecule has 1 fully saturated rings. The van der Waals surface area contributed by atoms with E-state index in [9.17, 15) is 13.3 Å². The summed E-state index contributed by atoms with van der Waals surface area (Å²) in [7, 11) is 0. The maximum Gasteiger partial charge on any atom is 0.227 e. The van der Waals surface area contributed by atoms with E-state index in [1.165, 1.54) is 6.42 Å². The first kappa shape index (κ1) is 19.1. The lowest BCUT2D eigenvalue weighted by molar-refractivity contribution is -0.167. The van der Waals surface area contributed by atoms with Crippen LogP contribution in [0.1, 0.15) is 32.1 Å². The minimum Gasteiger partial charge on any atom is -0.269 e. The Balaban J connectivity index is -0.000000152. The molecule has 1 saturated carbocycles. The zero-order chi connectivity index (χ0) is 10.5. The molecule has 1 rings (SSSR count). The van der Waals surface area contributed by atoms with Gasteiger partial charge in [-0.2, -0.15) is 4.94 Å². The van der Waals surface area contributed by atoms with E-state index >= 15 is 0 Å². The standard InChI is InChI=1S/C6H11F.C2H4.CH2F2O.FH/c7-6-4-2-1-3-5-6;1-2;2-1-4-3;/h6H,1-5H2;1-2H2;1H2;1H. The molecule has 0 radical (unpaired) electrons. The maximum absolute atomic E-state index is 12.2. The predicted octanol–water partition coefficient (Wildman–Crippen LogP) is 4.06. The molecule has 0 atom stereocenters. The van der Waals surface area contributed by atoms with E-state index in [2.05, 4.69) is 18.1 Å². The molecule has 0 aliphatic heterocycles. The van der Waals surface area contributed by atoms with E-state index in [0.29, 0.717) is 0 Å². The zero-order valence-electron chi connectivity index (χ0n) is 8.18. The Morgan fingerprint density at radius 1 is 1.14 bits per heavy atom. The highest BCUT2D eigenvalue weighted by Gasteiger charge is 2.09. The summed E-state index contributed by atoms with van der Waals surface area (Å²) in [6, 6.07) is 0. The van der Waals surface area contributed by atoms with Crippen molar-refractivity contribution >= 4 is 0 Å². The van der Waals surface area contributed by atoms with Gasteiger partial charge in [-0.1, -0.05) is 19.3 Å². The van der Waals surface area contributed by atoms with Gasteiger partial charge in [0.1, 0.15) is 6.17 Å². The Morgan fingerprint density at radius 3 is 1.64 bits per heavy atom. The van der Waals surface area contributed by atoms with Gasteiger partial charge < -0.3 is 0 Å². The molecule has 0 saturated heterocycles. The van der Waals surface area contributed by atoms with Crippen molar-refractivity contribution in [3.63, 3.8) is 0 Å². The van der Waals surface area contributed by atoms with Crippen LogP contribution in [0.5, 0.6) is 0 Å². The van der Waals surface area contributed by atoms with Crippen molar-refractivity contribution in [3.05, 3.63) is 13.2 Å². The van der Waals surface area contributed by atoms with Gasteiger partial charge in [-0.15, -0.1) is 13.2 Å². The predicted molar refractivity (Wildman–Crippen MR) is 49.9 cm³/mol. The molecule has 1 nitrogen and oxygen atoms in total. The van der Waals surface area contributed by atoms with Crippen LogP contribution in [-0.2, 0) is 4.94 Å². The second-order valence-electron chi connectivity index (χ2n) is 2.45. The van der Waals surface area contributed by atoms with Crippen LogP contribution in [0.2, 0.25) is 0 Å². The van der Waals surface area contributed by atoms with Crippen LogP contribution in [0.4, 0.5) is 18.0 Å². The third-order valence-corrected chi connectivity index (χ3v) is 1.58. The maximum atomic E-state index is 12.2. The van der Waals surface area contributed by atoms with Gasteiger partial charge in [0.05, 0.1) is 0 Å². The molecule has 0 aromatic rings. The summed E-state index contributed by atoms with van der Waals surface area (Å²) in [6.07, 6.45) is 4.65. The van der Waals surface area contributed by atoms with Gasteiger partial charge in [0.25, 0.3) is 0 Å². The fourth-order valence-corrected chi connectivity index (χ4v) is 1.05. The van der Waals surface area contributed by atoms with E-state index in [-0.39, 0.29) is 4.70 Å². The van der Waals surface area contributed by atoms with Gasteiger partial charge in [-0.3, -0.25) is 4.70 Å². The van der Waals surface area contributed by atoms with Crippen LogP contribution < -0.4 is 0 Å². The third-order valence-electron chi connectivity index (χ3n) is 1.58. The molecule has 5 heteroatoms. The van der Waals surface area contributed by atoms with E-state index in [1.807, 2.05) is 0 Å². The zero-order valence-corrected chi connectivity index (χ0v) is 8.18. The molecular weight excluding hydrogens is 200 g/mol. The molecule has 1 aliphatic carbocycles.